The van der Waals surface area contributed by atoms with Crippen LogP contribution in [-0.2, 0) is 6.18 Å². The Hall–Kier alpha value is -2.04. The highest BCUT2D eigenvalue weighted by Crippen LogP contribution is 2.32. The zero-order valence-electron chi connectivity index (χ0n) is 7.82. The molecule has 7 nitrogen and oxygen atoms in total. The first-order valence-corrected chi connectivity index (χ1v) is 4.92. The number of aromatic amines is 1. The van der Waals surface area contributed by atoms with E-state index in [0.717, 1.165) is 5.51 Å². The molecule has 0 spiro atoms. The smallest absolute Gasteiger partial charge is 0.287 e. The number of carbonyl (C=O) groups is 1. The lowest BCUT2D eigenvalue weighted by Gasteiger charge is -2.04. The molecule has 0 fully saturated rings. The molecule has 0 radical (unpaired) electrons. The van der Waals surface area contributed by atoms with Crippen LogP contribution in [0, 0.1) is 0 Å². The van der Waals surface area contributed by atoms with Crippen molar-refractivity contribution in [2.75, 3.05) is 5.32 Å². The molecule has 0 aliphatic rings. The third kappa shape index (κ3) is 2.38. The van der Waals surface area contributed by atoms with E-state index in [1.165, 1.54) is 0 Å². The molecule has 2 rings (SSSR count). The largest absolute Gasteiger partial charge is 0.434 e. The van der Waals surface area contributed by atoms with Crippen LogP contribution in [0.1, 0.15) is 15.4 Å². The molecule has 0 atom stereocenters. The third-order valence-electron chi connectivity index (χ3n) is 1.61. The molecule has 2 aromatic rings. The predicted octanol–water partition coefficient (Wildman–Crippen LogP) is 0.927. The fraction of sp³-hybridized carbons (Fsp3) is 0.167. The molecule has 0 saturated carbocycles. The average Bonchev–Trinajstić information content (AvgIpc) is 2.85. The molecule has 11 heteroatoms. The van der Waals surface area contributed by atoms with Crippen LogP contribution in [0.5, 0.6) is 0 Å². The highest BCUT2D eigenvalue weighted by atomic mass is 32.1. The van der Waals surface area contributed by atoms with Crippen molar-refractivity contribution in [1.29, 1.82) is 0 Å². The lowest BCUT2D eigenvalue weighted by Crippen LogP contribution is -2.17. The van der Waals surface area contributed by atoms with Gasteiger partial charge in [0.25, 0.3) is 11.9 Å². The van der Waals surface area contributed by atoms with Crippen molar-refractivity contribution in [3.63, 3.8) is 0 Å². The van der Waals surface area contributed by atoms with Gasteiger partial charge < -0.3 is 0 Å². The van der Waals surface area contributed by atoms with Crippen molar-refractivity contribution in [3.8, 4) is 0 Å². The molecule has 0 unspecified atom stereocenters. The van der Waals surface area contributed by atoms with Crippen LogP contribution in [0.4, 0.5) is 19.1 Å². The summed E-state index contributed by atoms with van der Waals surface area (Å²) in [6.45, 7) is 0. The molecule has 0 aliphatic carbocycles. The summed E-state index contributed by atoms with van der Waals surface area (Å²) in [6.07, 6.45) is -4.68. The van der Waals surface area contributed by atoms with Crippen molar-refractivity contribution in [2.24, 2.45) is 0 Å². The second kappa shape index (κ2) is 4.08. The molecule has 90 valence electrons. The maximum atomic E-state index is 12.4. The monoisotopic (exact) mass is 264 g/mol. The minimum absolute atomic E-state index is 0.212. The number of hydrogen-bond acceptors (Lipinski definition) is 6. The van der Waals surface area contributed by atoms with Gasteiger partial charge >= 0.3 is 6.18 Å². The minimum atomic E-state index is -4.68. The van der Waals surface area contributed by atoms with Crippen molar-refractivity contribution in [2.45, 2.75) is 6.18 Å². The zero-order chi connectivity index (χ0) is 12.5. The van der Waals surface area contributed by atoms with E-state index in [1.54, 1.807) is 0 Å². The maximum Gasteiger partial charge on any atom is 0.434 e. The molecular weight excluding hydrogens is 261 g/mol. The molecule has 0 aromatic carbocycles. The van der Waals surface area contributed by atoms with Gasteiger partial charge in [0.15, 0.2) is 5.69 Å². The lowest BCUT2D eigenvalue weighted by atomic mass is 10.3. The Morgan fingerprint density at radius 3 is 2.82 bits per heavy atom. The van der Waals surface area contributed by atoms with Crippen LogP contribution < -0.4 is 5.32 Å². The van der Waals surface area contributed by atoms with Crippen LogP contribution in [0.15, 0.2) is 5.51 Å². The number of halogens is 3. The Balaban J connectivity index is 2.23. The standard InChI is InChI=1S/C6H3F3N6OS/c7-6(8,9)3-2(17-1-10-3)4(16)11-5-12-14-15-13-5/h1H,(H2,11,12,13,14,15,16). The van der Waals surface area contributed by atoms with Crippen LogP contribution in [0.25, 0.3) is 0 Å². The van der Waals surface area contributed by atoms with E-state index in [9.17, 15) is 18.0 Å². The van der Waals surface area contributed by atoms with Crippen LogP contribution in [-0.4, -0.2) is 31.5 Å². The molecule has 0 saturated heterocycles. The number of aromatic nitrogens is 5. The minimum Gasteiger partial charge on any atom is -0.287 e. The zero-order valence-corrected chi connectivity index (χ0v) is 8.63. The number of anilines is 1. The number of H-pyrrole nitrogens is 1. The van der Waals surface area contributed by atoms with E-state index < -0.39 is 22.7 Å². The molecule has 2 aromatic heterocycles. The Morgan fingerprint density at radius 1 is 1.47 bits per heavy atom. The number of nitrogens with one attached hydrogen (secondary N) is 2. The summed E-state index contributed by atoms with van der Waals surface area (Å²) in [5, 5.41) is 14.0. The molecule has 1 amide bonds. The second-order valence-electron chi connectivity index (χ2n) is 2.72. The molecule has 2 heterocycles. The highest BCUT2D eigenvalue weighted by molar-refractivity contribution is 7.12. The lowest BCUT2D eigenvalue weighted by molar-refractivity contribution is -0.141. The summed E-state index contributed by atoms with van der Waals surface area (Å²) in [4.78, 5) is 14.0. The Morgan fingerprint density at radius 2 is 2.24 bits per heavy atom. The third-order valence-corrected chi connectivity index (χ3v) is 2.44. The molecule has 0 bridgehead atoms. The first kappa shape index (κ1) is 11.4. The molecule has 2 N–H and O–H groups in total. The van der Waals surface area contributed by atoms with Crippen molar-refractivity contribution in [3.05, 3.63) is 16.1 Å². The van der Waals surface area contributed by atoms with Crippen molar-refractivity contribution in [1.82, 2.24) is 25.6 Å². The molecular formula is C6H3F3N6OS. The van der Waals surface area contributed by atoms with E-state index in [2.05, 4.69) is 30.9 Å². The summed E-state index contributed by atoms with van der Waals surface area (Å²) in [6, 6.07) is 0. The first-order valence-electron chi connectivity index (χ1n) is 4.04. The summed E-state index contributed by atoms with van der Waals surface area (Å²) in [5.41, 5.74) is -0.294. The van der Waals surface area contributed by atoms with Gasteiger partial charge in [-0.1, -0.05) is 5.10 Å². The van der Waals surface area contributed by atoms with Gasteiger partial charge in [-0.2, -0.15) is 18.4 Å². The van der Waals surface area contributed by atoms with E-state index in [-0.39, 0.29) is 5.95 Å². The summed E-state index contributed by atoms with van der Waals surface area (Å²) in [5.74, 6) is -1.20. The van der Waals surface area contributed by atoms with Gasteiger partial charge in [-0.3, -0.25) is 10.1 Å². The fourth-order valence-corrected chi connectivity index (χ4v) is 1.68. The number of amides is 1. The molecule has 0 aliphatic heterocycles. The van der Waals surface area contributed by atoms with Crippen LogP contribution >= 0.6 is 11.3 Å². The molecule has 17 heavy (non-hydrogen) atoms. The van der Waals surface area contributed by atoms with Gasteiger partial charge in [-0.15, -0.1) is 16.4 Å². The number of carbonyl (C=O) groups excluding carboxylic acids is 1. The van der Waals surface area contributed by atoms with E-state index in [0.29, 0.717) is 11.3 Å². The number of rotatable bonds is 2. The summed E-state index contributed by atoms with van der Waals surface area (Å²) >= 11 is 0.577. The second-order valence-corrected chi connectivity index (χ2v) is 3.57. The van der Waals surface area contributed by atoms with Gasteiger partial charge in [0.1, 0.15) is 4.88 Å². The van der Waals surface area contributed by atoms with E-state index in [1.807, 2.05) is 0 Å². The maximum absolute atomic E-state index is 12.4. The van der Waals surface area contributed by atoms with Crippen LogP contribution in [0.3, 0.4) is 0 Å². The van der Waals surface area contributed by atoms with Gasteiger partial charge in [0, 0.05) is 0 Å². The van der Waals surface area contributed by atoms with Gasteiger partial charge in [-0.05, 0) is 5.21 Å². The Kier molecular flexibility index (Phi) is 2.75. The quantitative estimate of drug-likeness (QED) is 0.841. The topological polar surface area (TPSA) is 96.5 Å². The normalized spacial score (nSPS) is 11.5. The SMILES string of the molecule is O=C(Nc1nn[nH]n1)c1scnc1C(F)(F)F. The van der Waals surface area contributed by atoms with Crippen LogP contribution in [0.2, 0.25) is 0 Å². The predicted molar refractivity (Wildman–Crippen MR) is 49.2 cm³/mol. The van der Waals surface area contributed by atoms with E-state index in [4.69, 9.17) is 0 Å². The average molecular weight is 264 g/mol. The number of hydrogen-bond donors (Lipinski definition) is 2. The number of thiazole rings is 1. The van der Waals surface area contributed by atoms with E-state index >= 15 is 0 Å². The number of nitrogens with zero attached hydrogens (tertiary/aromatic N) is 4. The Bertz CT molecular complexity index is 520. The van der Waals surface area contributed by atoms with Gasteiger partial charge in [0.05, 0.1) is 5.51 Å². The summed E-state index contributed by atoms with van der Waals surface area (Å²) in [7, 11) is 0. The number of alkyl halides is 3. The van der Waals surface area contributed by atoms with Crippen molar-refractivity contribution >= 4 is 23.2 Å². The first-order chi connectivity index (χ1) is 7.98. The van der Waals surface area contributed by atoms with Gasteiger partial charge in [-0.25, -0.2) is 4.98 Å². The number of tetrazole rings is 1. The van der Waals surface area contributed by atoms with Gasteiger partial charge in [0.2, 0.25) is 0 Å². The highest BCUT2D eigenvalue weighted by Gasteiger charge is 2.38. The van der Waals surface area contributed by atoms with Crippen molar-refractivity contribution < 1.29 is 18.0 Å². The summed E-state index contributed by atoms with van der Waals surface area (Å²) < 4.78 is 37.3. The fourth-order valence-electron chi connectivity index (χ4n) is 0.982. The Labute approximate surface area is 95.1 Å².